The smallest absolute Gasteiger partial charge is 0.123 e. The highest BCUT2D eigenvalue weighted by Crippen LogP contribution is 2.26. The summed E-state index contributed by atoms with van der Waals surface area (Å²) in [5, 5.41) is 11.4. The molecule has 19 heavy (non-hydrogen) atoms. The SMILES string of the molecule is COc1ccc(C)cc1C(C)NCc1cn(C)nn1. The molecule has 102 valence electrons. The van der Waals surface area contributed by atoms with Gasteiger partial charge in [0.05, 0.1) is 12.8 Å². The minimum atomic E-state index is 0.192. The fourth-order valence-corrected chi connectivity index (χ4v) is 2.04. The van der Waals surface area contributed by atoms with Gasteiger partial charge in [0.1, 0.15) is 5.75 Å². The Kier molecular flexibility index (Phi) is 4.16. The molecule has 2 aromatic rings. The molecule has 1 heterocycles. The lowest BCUT2D eigenvalue weighted by atomic mass is 10.0. The number of nitrogens with one attached hydrogen (secondary N) is 1. The average Bonchev–Trinajstić information content (AvgIpc) is 2.81. The predicted octanol–water partition coefficient (Wildman–Crippen LogP) is 1.98. The molecule has 2 rings (SSSR count). The van der Waals surface area contributed by atoms with Gasteiger partial charge in [0.25, 0.3) is 0 Å². The van der Waals surface area contributed by atoms with Crippen LogP contribution < -0.4 is 10.1 Å². The van der Waals surface area contributed by atoms with Gasteiger partial charge in [0, 0.05) is 31.4 Å². The molecule has 0 saturated carbocycles. The van der Waals surface area contributed by atoms with Crippen LogP contribution in [0.15, 0.2) is 24.4 Å². The van der Waals surface area contributed by atoms with Gasteiger partial charge in [0.15, 0.2) is 0 Å². The quantitative estimate of drug-likeness (QED) is 0.893. The third-order valence-corrected chi connectivity index (χ3v) is 3.09. The van der Waals surface area contributed by atoms with Crippen molar-refractivity contribution in [3.8, 4) is 5.75 Å². The van der Waals surface area contributed by atoms with Crippen molar-refractivity contribution in [1.82, 2.24) is 20.3 Å². The van der Waals surface area contributed by atoms with Gasteiger partial charge in [-0.25, -0.2) is 0 Å². The molecule has 0 aliphatic heterocycles. The van der Waals surface area contributed by atoms with Gasteiger partial charge in [0.2, 0.25) is 0 Å². The zero-order valence-electron chi connectivity index (χ0n) is 11.8. The first-order valence-corrected chi connectivity index (χ1v) is 6.33. The van der Waals surface area contributed by atoms with E-state index >= 15 is 0 Å². The Morgan fingerprint density at radius 1 is 1.42 bits per heavy atom. The summed E-state index contributed by atoms with van der Waals surface area (Å²) in [4.78, 5) is 0. The van der Waals surface area contributed by atoms with E-state index in [-0.39, 0.29) is 6.04 Å². The van der Waals surface area contributed by atoms with Crippen molar-refractivity contribution < 1.29 is 4.74 Å². The Hall–Kier alpha value is -1.88. The molecule has 1 unspecified atom stereocenters. The van der Waals surface area contributed by atoms with E-state index in [0.29, 0.717) is 6.54 Å². The summed E-state index contributed by atoms with van der Waals surface area (Å²) in [5.41, 5.74) is 3.32. The molecule has 1 atom stereocenters. The highest BCUT2D eigenvalue weighted by atomic mass is 16.5. The van der Waals surface area contributed by atoms with Crippen LogP contribution in [0.1, 0.15) is 29.8 Å². The van der Waals surface area contributed by atoms with E-state index in [4.69, 9.17) is 4.74 Å². The molecule has 5 heteroatoms. The van der Waals surface area contributed by atoms with Crippen LogP contribution in [0.3, 0.4) is 0 Å². The molecule has 5 nitrogen and oxygen atoms in total. The molecule has 0 saturated heterocycles. The number of benzene rings is 1. The predicted molar refractivity (Wildman–Crippen MR) is 74.0 cm³/mol. The summed E-state index contributed by atoms with van der Waals surface area (Å²) in [5.74, 6) is 0.907. The number of methoxy groups -OCH3 is 1. The highest BCUT2D eigenvalue weighted by Gasteiger charge is 2.11. The minimum absolute atomic E-state index is 0.192. The van der Waals surface area contributed by atoms with Crippen LogP contribution in [-0.4, -0.2) is 22.1 Å². The minimum Gasteiger partial charge on any atom is -0.496 e. The zero-order valence-corrected chi connectivity index (χ0v) is 11.8. The first kappa shape index (κ1) is 13.5. The maximum atomic E-state index is 5.41. The van der Waals surface area contributed by atoms with Gasteiger partial charge >= 0.3 is 0 Å². The van der Waals surface area contributed by atoms with Crippen LogP contribution in [0, 0.1) is 6.92 Å². The number of nitrogens with zero attached hydrogens (tertiary/aromatic N) is 3. The van der Waals surface area contributed by atoms with Crippen molar-refractivity contribution in [3.05, 3.63) is 41.2 Å². The fourth-order valence-electron chi connectivity index (χ4n) is 2.04. The first-order chi connectivity index (χ1) is 9.10. The second-order valence-corrected chi connectivity index (χ2v) is 4.73. The molecule has 0 amide bonds. The van der Waals surface area contributed by atoms with Gasteiger partial charge in [-0.2, -0.15) is 0 Å². The Bertz CT molecular complexity index is 550. The summed E-state index contributed by atoms with van der Waals surface area (Å²) in [6.07, 6.45) is 1.91. The van der Waals surface area contributed by atoms with E-state index in [9.17, 15) is 0 Å². The van der Waals surface area contributed by atoms with Crippen molar-refractivity contribution in [3.63, 3.8) is 0 Å². The van der Waals surface area contributed by atoms with E-state index in [0.717, 1.165) is 17.0 Å². The lowest BCUT2D eigenvalue weighted by Crippen LogP contribution is -2.19. The van der Waals surface area contributed by atoms with E-state index in [1.165, 1.54) is 5.56 Å². The third-order valence-electron chi connectivity index (χ3n) is 3.09. The van der Waals surface area contributed by atoms with Crippen LogP contribution >= 0.6 is 0 Å². The number of hydrogen-bond acceptors (Lipinski definition) is 4. The standard InChI is InChI=1S/C14H20N4O/c1-10-5-6-14(19-4)13(7-10)11(2)15-8-12-9-18(3)17-16-12/h5-7,9,11,15H,8H2,1-4H3. The van der Waals surface area contributed by atoms with Crippen LogP contribution in [0.25, 0.3) is 0 Å². The maximum absolute atomic E-state index is 5.41. The van der Waals surface area contributed by atoms with Crippen LogP contribution in [-0.2, 0) is 13.6 Å². The Labute approximate surface area is 113 Å². The first-order valence-electron chi connectivity index (χ1n) is 6.33. The molecule has 1 aromatic heterocycles. The molecule has 1 aromatic carbocycles. The summed E-state index contributed by atoms with van der Waals surface area (Å²) >= 11 is 0. The van der Waals surface area contributed by atoms with E-state index < -0.39 is 0 Å². The summed E-state index contributed by atoms with van der Waals surface area (Å²) in [6, 6.07) is 6.40. The van der Waals surface area contributed by atoms with Crippen molar-refractivity contribution in [1.29, 1.82) is 0 Å². The molecule has 0 aliphatic carbocycles. The maximum Gasteiger partial charge on any atom is 0.123 e. The Balaban J connectivity index is 2.06. The highest BCUT2D eigenvalue weighted by molar-refractivity contribution is 5.38. The van der Waals surface area contributed by atoms with E-state index in [1.807, 2.05) is 19.3 Å². The van der Waals surface area contributed by atoms with E-state index in [2.05, 4.69) is 41.6 Å². The fraction of sp³-hybridized carbons (Fsp3) is 0.429. The normalized spacial score (nSPS) is 12.4. The molecule has 0 radical (unpaired) electrons. The van der Waals surface area contributed by atoms with Crippen molar-refractivity contribution in [2.75, 3.05) is 7.11 Å². The number of aromatic nitrogens is 3. The molecule has 1 N–H and O–H groups in total. The lowest BCUT2D eigenvalue weighted by Gasteiger charge is -2.17. The van der Waals surface area contributed by atoms with Gasteiger partial charge < -0.3 is 10.1 Å². The topological polar surface area (TPSA) is 52.0 Å². The monoisotopic (exact) mass is 260 g/mol. The van der Waals surface area contributed by atoms with Gasteiger partial charge in [-0.05, 0) is 19.9 Å². The van der Waals surface area contributed by atoms with Crippen LogP contribution in [0.2, 0.25) is 0 Å². The Morgan fingerprint density at radius 2 is 2.21 bits per heavy atom. The van der Waals surface area contributed by atoms with Gasteiger partial charge in [-0.3, -0.25) is 4.68 Å². The molecule has 0 spiro atoms. The van der Waals surface area contributed by atoms with Crippen molar-refractivity contribution in [2.45, 2.75) is 26.4 Å². The average molecular weight is 260 g/mol. The lowest BCUT2D eigenvalue weighted by molar-refractivity contribution is 0.401. The molecule has 0 fully saturated rings. The van der Waals surface area contributed by atoms with Crippen molar-refractivity contribution >= 4 is 0 Å². The number of aryl methyl sites for hydroxylation is 2. The molecule has 0 aliphatic rings. The van der Waals surface area contributed by atoms with Gasteiger partial charge in [-0.1, -0.05) is 22.9 Å². The Morgan fingerprint density at radius 3 is 2.84 bits per heavy atom. The second-order valence-electron chi connectivity index (χ2n) is 4.73. The van der Waals surface area contributed by atoms with Crippen molar-refractivity contribution in [2.24, 2.45) is 7.05 Å². The summed E-state index contributed by atoms with van der Waals surface area (Å²) in [7, 11) is 3.56. The molecular weight excluding hydrogens is 240 g/mol. The van der Waals surface area contributed by atoms with E-state index in [1.54, 1.807) is 11.8 Å². The number of rotatable bonds is 5. The molecular formula is C14H20N4O. The number of ether oxygens (including phenoxy) is 1. The molecule has 0 bridgehead atoms. The zero-order chi connectivity index (χ0) is 13.8. The largest absolute Gasteiger partial charge is 0.496 e. The second kappa shape index (κ2) is 5.84. The third kappa shape index (κ3) is 3.32. The van der Waals surface area contributed by atoms with Gasteiger partial charge in [-0.15, -0.1) is 5.10 Å². The summed E-state index contributed by atoms with van der Waals surface area (Å²) < 4.78 is 7.11. The van der Waals surface area contributed by atoms with Crippen LogP contribution in [0.5, 0.6) is 5.75 Å². The van der Waals surface area contributed by atoms with Crippen LogP contribution in [0.4, 0.5) is 0 Å². The number of hydrogen-bond donors (Lipinski definition) is 1. The summed E-state index contributed by atoms with van der Waals surface area (Å²) in [6.45, 7) is 4.89.